The van der Waals surface area contributed by atoms with Crippen LogP contribution in [0.25, 0.3) is 0 Å². The van der Waals surface area contributed by atoms with Crippen LogP contribution in [-0.2, 0) is 0 Å². The van der Waals surface area contributed by atoms with Crippen molar-refractivity contribution in [1.82, 2.24) is 0 Å². The highest BCUT2D eigenvalue weighted by Gasteiger charge is 2.47. The van der Waals surface area contributed by atoms with Gasteiger partial charge in [0, 0.05) is 0 Å². The third-order valence-corrected chi connectivity index (χ3v) is 3.16. The van der Waals surface area contributed by atoms with Gasteiger partial charge in [-0.15, -0.1) is 0 Å². The second-order valence-electron chi connectivity index (χ2n) is 4.10. The summed E-state index contributed by atoms with van der Waals surface area (Å²) in [5.74, 6) is -1.47. The van der Waals surface area contributed by atoms with Crippen LogP contribution in [0, 0.1) is 5.92 Å². The van der Waals surface area contributed by atoms with Crippen molar-refractivity contribution in [2.45, 2.75) is 31.4 Å². The summed E-state index contributed by atoms with van der Waals surface area (Å²) in [6.45, 7) is 0. The van der Waals surface area contributed by atoms with Crippen LogP contribution < -0.4 is 0 Å². The monoisotopic (exact) mass is 214 g/mol. The normalized spacial score (nSPS) is 26.9. The summed E-state index contributed by atoms with van der Waals surface area (Å²) >= 11 is 0. The van der Waals surface area contributed by atoms with E-state index in [0.717, 1.165) is 5.56 Å². The number of hydrogen-bond acceptors (Lipinski definition) is 0. The zero-order chi connectivity index (χ0) is 10.9. The van der Waals surface area contributed by atoms with Crippen LogP contribution >= 0.6 is 0 Å². The standard InChI is InChI=1S/C12H13F3/c13-12(14,15)11-8-4-7-10(11)9-5-2-1-3-6-9/h1-3,5-6,10-11H,4,7-8H2. The summed E-state index contributed by atoms with van der Waals surface area (Å²) < 4.78 is 38.1. The first-order valence-electron chi connectivity index (χ1n) is 5.20. The van der Waals surface area contributed by atoms with Crippen molar-refractivity contribution in [1.29, 1.82) is 0 Å². The molecule has 2 atom stereocenters. The van der Waals surface area contributed by atoms with Crippen LogP contribution in [0.4, 0.5) is 13.2 Å². The van der Waals surface area contributed by atoms with Crippen LogP contribution in [0.1, 0.15) is 30.7 Å². The second kappa shape index (κ2) is 3.87. The first kappa shape index (κ1) is 10.5. The van der Waals surface area contributed by atoms with Gasteiger partial charge in [0.1, 0.15) is 0 Å². The van der Waals surface area contributed by atoms with Crippen molar-refractivity contribution >= 4 is 0 Å². The summed E-state index contributed by atoms with van der Waals surface area (Å²) in [7, 11) is 0. The maximum Gasteiger partial charge on any atom is 0.392 e. The highest BCUT2D eigenvalue weighted by atomic mass is 19.4. The molecule has 0 radical (unpaired) electrons. The zero-order valence-corrected chi connectivity index (χ0v) is 8.30. The Hall–Kier alpha value is -0.990. The van der Waals surface area contributed by atoms with Gasteiger partial charge >= 0.3 is 6.18 Å². The average molecular weight is 214 g/mol. The van der Waals surface area contributed by atoms with Crippen molar-refractivity contribution in [3.05, 3.63) is 35.9 Å². The van der Waals surface area contributed by atoms with E-state index in [9.17, 15) is 13.2 Å². The van der Waals surface area contributed by atoms with Crippen LogP contribution in [-0.4, -0.2) is 6.18 Å². The Kier molecular flexibility index (Phi) is 2.72. The summed E-state index contributed by atoms with van der Waals surface area (Å²) in [4.78, 5) is 0. The minimum atomic E-state index is -4.04. The van der Waals surface area contributed by atoms with Crippen molar-refractivity contribution in [3.63, 3.8) is 0 Å². The van der Waals surface area contributed by atoms with Gasteiger partial charge in [-0.05, 0) is 24.3 Å². The molecule has 82 valence electrons. The molecule has 0 N–H and O–H groups in total. The molecular formula is C12H13F3. The van der Waals surface area contributed by atoms with E-state index in [2.05, 4.69) is 0 Å². The van der Waals surface area contributed by atoms with Crippen LogP contribution in [0.2, 0.25) is 0 Å². The molecule has 0 saturated heterocycles. The molecule has 1 aliphatic carbocycles. The average Bonchev–Trinajstić information content (AvgIpc) is 2.67. The summed E-state index contributed by atoms with van der Waals surface area (Å²) in [6.07, 6.45) is -2.42. The molecule has 0 aliphatic heterocycles. The maximum absolute atomic E-state index is 12.7. The fourth-order valence-electron chi connectivity index (χ4n) is 2.45. The smallest absolute Gasteiger partial charge is 0.171 e. The molecule has 1 aromatic rings. The lowest BCUT2D eigenvalue weighted by atomic mass is 9.88. The Labute approximate surface area is 87.1 Å². The van der Waals surface area contributed by atoms with Gasteiger partial charge in [-0.25, -0.2) is 0 Å². The van der Waals surface area contributed by atoms with Crippen molar-refractivity contribution in [2.24, 2.45) is 5.92 Å². The molecule has 2 unspecified atom stereocenters. The van der Waals surface area contributed by atoms with Crippen molar-refractivity contribution in [3.8, 4) is 0 Å². The van der Waals surface area contributed by atoms with E-state index >= 15 is 0 Å². The SMILES string of the molecule is FC(F)(F)C1CCCC1c1ccccc1. The largest absolute Gasteiger partial charge is 0.392 e. The van der Waals surface area contributed by atoms with Crippen LogP contribution in [0.5, 0.6) is 0 Å². The molecule has 3 heteroatoms. The zero-order valence-electron chi connectivity index (χ0n) is 8.30. The minimum Gasteiger partial charge on any atom is -0.171 e. The highest BCUT2D eigenvalue weighted by Crippen LogP contribution is 2.47. The number of halogens is 3. The molecule has 1 saturated carbocycles. The summed E-state index contributed by atoms with van der Waals surface area (Å²) in [5, 5.41) is 0. The molecule has 15 heavy (non-hydrogen) atoms. The van der Waals surface area contributed by atoms with E-state index in [1.54, 1.807) is 24.3 Å². The van der Waals surface area contributed by atoms with E-state index < -0.39 is 12.1 Å². The Morgan fingerprint density at radius 1 is 1.00 bits per heavy atom. The summed E-state index contributed by atoms with van der Waals surface area (Å²) in [5.41, 5.74) is 0.831. The lowest BCUT2D eigenvalue weighted by Crippen LogP contribution is -2.25. The first-order chi connectivity index (χ1) is 7.09. The maximum atomic E-state index is 12.7. The molecule has 1 fully saturated rings. The van der Waals surface area contributed by atoms with E-state index in [-0.39, 0.29) is 12.3 Å². The molecule has 1 aliphatic rings. The van der Waals surface area contributed by atoms with Crippen molar-refractivity contribution in [2.75, 3.05) is 0 Å². The number of rotatable bonds is 1. The summed E-state index contributed by atoms with van der Waals surface area (Å²) in [6, 6.07) is 9.05. The molecule has 0 heterocycles. The van der Waals surface area contributed by atoms with Crippen LogP contribution in [0.3, 0.4) is 0 Å². The van der Waals surface area contributed by atoms with Gasteiger partial charge in [0.05, 0.1) is 5.92 Å². The lowest BCUT2D eigenvalue weighted by molar-refractivity contribution is -0.176. The molecule has 0 spiro atoms. The third kappa shape index (κ3) is 2.16. The molecule has 0 amide bonds. The highest BCUT2D eigenvalue weighted by molar-refractivity contribution is 5.21. The van der Waals surface area contributed by atoms with Gasteiger partial charge < -0.3 is 0 Å². The first-order valence-corrected chi connectivity index (χ1v) is 5.20. The topological polar surface area (TPSA) is 0 Å². The van der Waals surface area contributed by atoms with Gasteiger partial charge in [0.15, 0.2) is 0 Å². The Morgan fingerprint density at radius 3 is 2.27 bits per heavy atom. The number of hydrogen-bond donors (Lipinski definition) is 0. The Morgan fingerprint density at radius 2 is 1.67 bits per heavy atom. The minimum absolute atomic E-state index is 0.281. The predicted molar refractivity (Wildman–Crippen MR) is 52.6 cm³/mol. The van der Waals surface area contributed by atoms with E-state index in [0.29, 0.717) is 12.8 Å². The van der Waals surface area contributed by atoms with Gasteiger partial charge in [0.25, 0.3) is 0 Å². The van der Waals surface area contributed by atoms with Gasteiger partial charge in [0.2, 0.25) is 0 Å². The fourth-order valence-corrected chi connectivity index (χ4v) is 2.45. The predicted octanol–water partition coefficient (Wildman–Crippen LogP) is 4.13. The second-order valence-corrected chi connectivity index (χ2v) is 4.10. The molecule has 0 aromatic heterocycles. The van der Waals surface area contributed by atoms with Crippen LogP contribution in [0.15, 0.2) is 30.3 Å². The number of alkyl halides is 3. The van der Waals surface area contributed by atoms with E-state index in [1.807, 2.05) is 6.07 Å². The van der Waals surface area contributed by atoms with E-state index in [4.69, 9.17) is 0 Å². The van der Waals surface area contributed by atoms with Gasteiger partial charge in [-0.2, -0.15) is 13.2 Å². The molecule has 0 bridgehead atoms. The molecular weight excluding hydrogens is 201 g/mol. The third-order valence-electron chi connectivity index (χ3n) is 3.16. The lowest BCUT2D eigenvalue weighted by Gasteiger charge is -2.22. The fraction of sp³-hybridized carbons (Fsp3) is 0.500. The van der Waals surface area contributed by atoms with E-state index in [1.165, 1.54) is 0 Å². The van der Waals surface area contributed by atoms with Gasteiger partial charge in [-0.3, -0.25) is 0 Å². The van der Waals surface area contributed by atoms with Gasteiger partial charge in [-0.1, -0.05) is 36.8 Å². The number of benzene rings is 1. The molecule has 1 aromatic carbocycles. The van der Waals surface area contributed by atoms with Crippen molar-refractivity contribution < 1.29 is 13.2 Å². The molecule has 2 rings (SSSR count). The Bertz CT molecular complexity index is 315. The quantitative estimate of drug-likeness (QED) is 0.659. The molecule has 0 nitrogen and oxygen atoms in total. The Balaban J connectivity index is 2.23.